The Morgan fingerprint density at radius 1 is 1.30 bits per heavy atom. The molecule has 0 spiro atoms. The van der Waals surface area contributed by atoms with Crippen molar-refractivity contribution in [2.45, 2.75) is 19.5 Å². The molecule has 10 nitrogen and oxygen atoms in total. The fraction of sp³-hybridized carbons (Fsp3) is 0.200. The summed E-state index contributed by atoms with van der Waals surface area (Å²) in [6.07, 6.45) is 1.31. The molecule has 0 aliphatic carbocycles. The Bertz CT molecular complexity index is 1560. The predicted molar refractivity (Wildman–Crippen MR) is 126 cm³/mol. The van der Waals surface area contributed by atoms with Crippen LogP contribution in [0.3, 0.4) is 0 Å². The number of nitrogens with zero attached hydrogens (tertiary/aromatic N) is 6. The molecule has 0 saturated heterocycles. The average molecular weight is 504 g/mol. The first-order valence-electron chi connectivity index (χ1n) is 9.48. The van der Waals surface area contributed by atoms with Crippen LogP contribution in [0.5, 0.6) is 0 Å². The van der Waals surface area contributed by atoms with Crippen molar-refractivity contribution in [2.24, 2.45) is 7.05 Å². The number of halogens is 2. The standard InChI is InChI=1S/C20H15Cl2N7O3S/c1-10(29-9-24-16-15(29)19(31)28(6-5-23)20(32)27(16)2)17(30)25-14-8-33-18(26-14)11-3-4-12(21)13(22)7-11/h3-4,7-10H,6H2,1-2H3,(H,25,30). The molecular weight excluding hydrogens is 489 g/mol. The number of nitrogens with one attached hydrogen (secondary N) is 1. The topological polar surface area (TPSA) is 128 Å². The Morgan fingerprint density at radius 2 is 2.06 bits per heavy atom. The highest BCUT2D eigenvalue weighted by Crippen LogP contribution is 2.31. The first kappa shape index (κ1) is 22.7. The molecule has 0 fully saturated rings. The summed E-state index contributed by atoms with van der Waals surface area (Å²) >= 11 is 13.3. The Hall–Kier alpha value is -3.46. The molecule has 1 aromatic carbocycles. The van der Waals surface area contributed by atoms with Gasteiger partial charge in [0.25, 0.3) is 5.56 Å². The van der Waals surface area contributed by atoms with E-state index in [9.17, 15) is 14.4 Å². The Labute approximate surface area is 200 Å². The van der Waals surface area contributed by atoms with Gasteiger partial charge in [-0.25, -0.2) is 19.3 Å². The third-order valence-electron chi connectivity index (χ3n) is 5.01. The lowest BCUT2D eigenvalue weighted by atomic mass is 10.2. The van der Waals surface area contributed by atoms with Crippen LogP contribution in [0.1, 0.15) is 13.0 Å². The molecule has 0 bridgehead atoms. The summed E-state index contributed by atoms with van der Waals surface area (Å²) < 4.78 is 3.33. The van der Waals surface area contributed by atoms with E-state index in [2.05, 4.69) is 15.3 Å². The lowest BCUT2D eigenvalue weighted by molar-refractivity contribution is -0.118. The van der Waals surface area contributed by atoms with E-state index in [0.717, 1.165) is 10.1 Å². The van der Waals surface area contributed by atoms with Gasteiger partial charge in [0.1, 0.15) is 23.4 Å². The summed E-state index contributed by atoms with van der Waals surface area (Å²) in [7, 11) is 1.44. The van der Waals surface area contributed by atoms with Crippen molar-refractivity contribution in [2.75, 3.05) is 5.32 Å². The number of aromatic nitrogens is 5. The smallest absolute Gasteiger partial charge is 0.312 e. The fourth-order valence-corrected chi connectivity index (χ4v) is 4.29. The molecule has 0 saturated carbocycles. The number of nitriles is 1. The van der Waals surface area contributed by atoms with E-state index in [1.807, 2.05) is 0 Å². The van der Waals surface area contributed by atoms with E-state index in [1.54, 1.807) is 36.6 Å². The highest BCUT2D eigenvalue weighted by atomic mass is 35.5. The summed E-state index contributed by atoms with van der Waals surface area (Å²) in [6, 6.07) is 6.06. The number of benzene rings is 1. The van der Waals surface area contributed by atoms with Gasteiger partial charge in [-0.2, -0.15) is 5.26 Å². The number of rotatable bonds is 5. The normalized spacial score (nSPS) is 12.0. The Morgan fingerprint density at radius 3 is 2.76 bits per heavy atom. The second-order valence-corrected chi connectivity index (χ2v) is 8.72. The second kappa shape index (κ2) is 8.82. The Kier molecular flexibility index (Phi) is 6.07. The van der Waals surface area contributed by atoms with E-state index in [1.165, 1.54) is 33.8 Å². The quantitative estimate of drug-likeness (QED) is 0.445. The molecule has 1 amide bonds. The van der Waals surface area contributed by atoms with Crippen molar-refractivity contribution < 1.29 is 4.79 Å². The molecule has 33 heavy (non-hydrogen) atoms. The van der Waals surface area contributed by atoms with E-state index in [-0.39, 0.29) is 11.2 Å². The maximum Gasteiger partial charge on any atom is 0.333 e. The highest BCUT2D eigenvalue weighted by molar-refractivity contribution is 7.13. The summed E-state index contributed by atoms with van der Waals surface area (Å²) in [5.74, 6) is -0.114. The summed E-state index contributed by atoms with van der Waals surface area (Å²) in [4.78, 5) is 46.6. The molecular formula is C20H15Cl2N7O3S. The first-order chi connectivity index (χ1) is 15.7. The van der Waals surface area contributed by atoms with Crippen molar-refractivity contribution in [1.29, 1.82) is 5.26 Å². The first-order valence-corrected chi connectivity index (χ1v) is 11.1. The molecule has 13 heteroatoms. The molecule has 0 aliphatic rings. The maximum absolute atomic E-state index is 12.9. The van der Waals surface area contributed by atoms with Gasteiger partial charge < -0.3 is 9.88 Å². The molecule has 3 heterocycles. The third-order valence-corrected chi connectivity index (χ3v) is 6.64. The van der Waals surface area contributed by atoms with Crippen molar-refractivity contribution >= 4 is 57.4 Å². The van der Waals surface area contributed by atoms with Crippen LogP contribution in [0.4, 0.5) is 5.82 Å². The molecule has 4 aromatic rings. The minimum absolute atomic E-state index is 0.0461. The van der Waals surface area contributed by atoms with E-state index >= 15 is 0 Å². The van der Waals surface area contributed by atoms with Crippen molar-refractivity contribution in [3.8, 4) is 16.6 Å². The van der Waals surface area contributed by atoms with E-state index in [4.69, 9.17) is 28.5 Å². The SMILES string of the molecule is CC(C(=O)Nc1csc(-c2ccc(Cl)c(Cl)c2)n1)n1cnc2c1c(=O)n(CC#N)c(=O)n2C. The largest absolute Gasteiger partial charge is 0.333 e. The van der Waals surface area contributed by atoms with Gasteiger partial charge >= 0.3 is 5.69 Å². The molecule has 1 unspecified atom stereocenters. The van der Waals surface area contributed by atoms with Crippen LogP contribution >= 0.6 is 34.5 Å². The molecule has 1 N–H and O–H groups in total. The monoisotopic (exact) mass is 503 g/mol. The molecule has 1 atom stereocenters. The zero-order chi connectivity index (χ0) is 23.9. The van der Waals surface area contributed by atoms with Crippen LogP contribution in [0.15, 0.2) is 39.5 Å². The molecule has 168 valence electrons. The molecule has 0 radical (unpaired) electrons. The number of carbonyl (C=O) groups excluding carboxylic acids is 1. The predicted octanol–water partition coefficient (Wildman–Crippen LogP) is 3.05. The number of amides is 1. The van der Waals surface area contributed by atoms with Gasteiger partial charge in [-0.05, 0) is 19.1 Å². The number of anilines is 1. The van der Waals surface area contributed by atoms with Crippen molar-refractivity contribution in [3.63, 3.8) is 0 Å². The van der Waals surface area contributed by atoms with Crippen LogP contribution in [0.25, 0.3) is 21.7 Å². The van der Waals surface area contributed by atoms with Crippen molar-refractivity contribution in [3.05, 3.63) is 60.8 Å². The van der Waals surface area contributed by atoms with Gasteiger partial charge in [-0.3, -0.25) is 14.2 Å². The summed E-state index contributed by atoms with van der Waals surface area (Å²) in [5.41, 5.74) is -0.433. The number of hydrogen-bond donors (Lipinski definition) is 1. The van der Waals surface area contributed by atoms with E-state index in [0.29, 0.717) is 20.9 Å². The number of imidazole rings is 1. The lowest BCUT2D eigenvalue weighted by Crippen LogP contribution is -2.40. The lowest BCUT2D eigenvalue weighted by Gasteiger charge is -2.14. The number of aryl methyl sites for hydroxylation is 1. The number of fused-ring (bicyclic) bond motifs is 1. The van der Waals surface area contributed by atoms with Gasteiger partial charge in [-0.1, -0.05) is 29.3 Å². The van der Waals surface area contributed by atoms with Crippen LogP contribution in [-0.4, -0.2) is 29.6 Å². The highest BCUT2D eigenvalue weighted by Gasteiger charge is 2.23. The Balaban J connectivity index is 1.64. The molecule has 4 rings (SSSR count). The van der Waals surface area contributed by atoms with Gasteiger partial charge in [0.15, 0.2) is 11.2 Å². The summed E-state index contributed by atoms with van der Waals surface area (Å²) in [6.45, 7) is 1.17. The maximum atomic E-state index is 12.9. The van der Waals surface area contributed by atoms with Gasteiger partial charge in [-0.15, -0.1) is 11.3 Å². The minimum atomic E-state index is -0.856. The fourth-order valence-electron chi connectivity index (χ4n) is 3.24. The van der Waals surface area contributed by atoms with Crippen molar-refractivity contribution in [1.82, 2.24) is 23.7 Å². The van der Waals surface area contributed by atoms with Gasteiger partial charge in [0, 0.05) is 18.0 Å². The van der Waals surface area contributed by atoms with Gasteiger partial charge in [0.2, 0.25) is 5.91 Å². The average Bonchev–Trinajstić information content (AvgIpc) is 3.44. The third kappa shape index (κ3) is 4.04. The number of thiazole rings is 1. The van der Waals surface area contributed by atoms with Gasteiger partial charge in [0.05, 0.1) is 22.4 Å². The summed E-state index contributed by atoms with van der Waals surface area (Å²) in [5, 5.41) is 14.8. The van der Waals surface area contributed by atoms with Crippen LogP contribution in [0.2, 0.25) is 10.0 Å². The zero-order valence-corrected chi connectivity index (χ0v) is 19.6. The zero-order valence-electron chi connectivity index (χ0n) is 17.2. The van der Waals surface area contributed by atoms with Crippen LogP contribution in [-0.2, 0) is 18.4 Å². The second-order valence-electron chi connectivity index (χ2n) is 7.05. The van der Waals surface area contributed by atoms with Crippen LogP contribution in [0, 0.1) is 11.3 Å². The van der Waals surface area contributed by atoms with E-state index < -0.39 is 29.7 Å². The number of hydrogen-bond acceptors (Lipinski definition) is 7. The number of carbonyl (C=O) groups is 1. The van der Waals surface area contributed by atoms with Crippen LogP contribution < -0.4 is 16.6 Å². The molecule has 3 aromatic heterocycles. The molecule has 0 aliphatic heterocycles. The minimum Gasteiger partial charge on any atom is -0.312 e.